The average molecular weight is 251 g/mol. The third kappa shape index (κ3) is 2.09. The van der Waals surface area contributed by atoms with Crippen LogP contribution in [-0.4, -0.2) is 17.0 Å². The van der Waals surface area contributed by atoms with Crippen molar-refractivity contribution in [3.63, 3.8) is 0 Å². The van der Waals surface area contributed by atoms with Crippen molar-refractivity contribution in [1.82, 2.24) is 10.2 Å². The lowest BCUT2D eigenvalue weighted by molar-refractivity contribution is 0.173. The van der Waals surface area contributed by atoms with Gasteiger partial charge in [0.05, 0.1) is 0 Å². The quantitative estimate of drug-likeness (QED) is 0.888. The van der Waals surface area contributed by atoms with E-state index in [1.165, 1.54) is 11.3 Å². The summed E-state index contributed by atoms with van der Waals surface area (Å²) in [5, 5.41) is 8.75. The number of fused-ring (bicyclic) bond motifs is 1. The van der Waals surface area contributed by atoms with Gasteiger partial charge in [0.2, 0.25) is 11.9 Å². The first-order chi connectivity index (χ1) is 8.31. The van der Waals surface area contributed by atoms with Crippen LogP contribution < -0.4 is 19.9 Å². The summed E-state index contributed by atoms with van der Waals surface area (Å²) < 4.78 is 16.0. The molecule has 0 bridgehead atoms. The highest BCUT2D eigenvalue weighted by Crippen LogP contribution is 2.35. The zero-order chi connectivity index (χ0) is 11.7. The van der Waals surface area contributed by atoms with E-state index >= 15 is 0 Å². The van der Waals surface area contributed by atoms with E-state index < -0.39 is 0 Å². The lowest BCUT2D eigenvalue weighted by Crippen LogP contribution is -1.94. The van der Waals surface area contributed by atoms with Gasteiger partial charge in [-0.2, -0.15) is 0 Å². The molecule has 3 rings (SSSR count). The van der Waals surface area contributed by atoms with Crippen LogP contribution in [0.2, 0.25) is 0 Å². The number of ether oxygens (including phenoxy) is 3. The second-order valence-corrected chi connectivity index (χ2v) is 4.43. The van der Waals surface area contributed by atoms with E-state index in [-0.39, 0.29) is 6.79 Å². The molecule has 1 aliphatic rings. The molecule has 2 heterocycles. The van der Waals surface area contributed by atoms with Crippen molar-refractivity contribution in [1.29, 1.82) is 0 Å². The molecule has 0 radical (unpaired) electrons. The number of aromatic nitrogens is 2. The topological polar surface area (TPSA) is 79.5 Å². The van der Waals surface area contributed by atoms with E-state index in [2.05, 4.69) is 10.2 Å². The van der Waals surface area contributed by atoms with Crippen LogP contribution in [0, 0.1) is 0 Å². The maximum atomic E-state index is 5.55. The number of nitrogen functional groups attached to an aromatic ring is 1. The Kier molecular flexibility index (Phi) is 2.45. The molecular weight excluding hydrogens is 242 g/mol. The SMILES string of the molecule is Nc1nnc(COc2ccc3c(c2)OCO3)s1. The van der Waals surface area contributed by atoms with Crippen LogP contribution in [0.4, 0.5) is 5.13 Å². The summed E-state index contributed by atoms with van der Waals surface area (Å²) in [6, 6.07) is 5.41. The number of hydrogen-bond acceptors (Lipinski definition) is 7. The molecule has 17 heavy (non-hydrogen) atoms. The Morgan fingerprint density at radius 1 is 1.29 bits per heavy atom. The van der Waals surface area contributed by atoms with Gasteiger partial charge in [-0.15, -0.1) is 10.2 Å². The third-order valence-corrected chi connectivity index (χ3v) is 2.91. The van der Waals surface area contributed by atoms with Gasteiger partial charge in [0.25, 0.3) is 0 Å². The van der Waals surface area contributed by atoms with Gasteiger partial charge in [-0.25, -0.2) is 0 Å². The minimum Gasteiger partial charge on any atom is -0.486 e. The molecule has 0 aliphatic carbocycles. The summed E-state index contributed by atoms with van der Waals surface area (Å²) in [7, 11) is 0. The molecule has 0 spiro atoms. The molecule has 0 atom stereocenters. The predicted molar refractivity (Wildman–Crippen MR) is 61.2 cm³/mol. The number of benzene rings is 1. The Bertz CT molecular complexity index is 543. The van der Waals surface area contributed by atoms with Crippen molar-refractivity contribution in [3.05, 3.63) is 23.2 Å². The van der Waals surface area contributed by atoms with E-state index in [4.69, 9.17) is 19.9 Å². The van der Waals surface area contributed by atoms with E-state index in [0.717, 1.165) is 10.8 Å². The fourth-order valence-electron chi connectivity index (χ4n) is 1.44. The number of hydrogen-bond donors (Lipinski definition) is 1. The highest BCUT2D eigenvalue weighted by Gasteiger charge is 2.13. The molecule has 88 valence electrons. The largest absolute Gasteiger partial charge is 0.486 e. The minimum absolute atomic E-state index is 0.256. The molecule has 0 unspecified atom stereocenters. The van der Waals surface area contributed by atoms with Crippen LogP contribution in [-0.2, 0) is 6.61 Å². The molecule has 0 saturated carbocycles. The summed E-state index contributed by atoms with van der Waals surface area (Å²) in [5.74, 6) is 2.12. The van der Waals surface area contributed by atoms with Crippen molar-refractivity contribution >= 4 is 16.5 Å². The third-order valence-electron chi connectivity index (χ3n) is 2.19. The van der Waals surface area contributed by atoms with Gasteiger partial charge in [-0.3, -0.25) is 0 Å². The lowest BCUT2D eigenvalue weighted by Gasteiger charge is -2.04. The van der Waals surface area contributed by atoms with Crippen LogP contribution in [0.15, 0.2) is 18.2 Å². The Morgan fingerprint density at radius 2 is 2.18 bits per heavy atom. The van der Waals surface area contributed by atoms with Gasteiger partial charge in [0.1, 0.15) is 12.4 Å². The normalized spacial score (nSPS) is 12.7. The number of rotatable bonds is 3. The van der Waals surface area contributed by atoms with Crippen LogP contribution in [0.5, 0.6) is 17.2 Å². The molecule has 0 saturated heterocycles. The van der Waals surface area contributed by atoms with Crippen LogP contribution >= 0.6 is 11.3 Å². The van der Waals surface area contributed by atoms with E-state index in [1.807, 2.05) is 12.1 Å². The van der Waals surface area contributed by atoms with E-state index in [1.54, 1.807) is 6.07 Å². The highest BCUT2D eigenvalue weighted by molar-refractivity contribution is 7.15. The van der Waals surface area contributed by atoms with Crippen molar-refractivity contribution in [2.45, 2.75) is 6.61 Å². The fraction of sp³-hybridized carbons (Fsp3) is 0.200. The van der Waals surface area contributed by atoms with Gasteiger partial charge in [-0.05, 0) is 12.1 Å². The lowest BCUT2D eigenvalue weighted by atomic mass is 10.3. The van der Waals surface area contributed by atoms with Gasteiger partial charge in [0, 0.05) is 6.07 Å². The molecule has 7 heteroatoms. The molecule has 0 fully saturated rings. The summed E-state index contributed by atoms with van der Waals surface area (Å²) in [6.07, 6.45) is 0. The molecule has 2 N–H and O–H groups in total. The van der Waals surface area contributed by atoms with Crippen molar-refractivity contribution in [2.24, 2.45) is 0 Å². The van der Waals surface area contributed by atoms with Crippen molar-refractivity contribution in [2.75, 3.05) is 12.5 Å². The van der Waals surface area contributed by atoms with Gasteiger partial charge in [-0.1, -0.05) is 11.3 Å². The maximum absolute atomic E-state index is 5.55. The summed E-state index contributed by atoms with van der Waals surface area (Å²) in [4.78, 5) is 0. The monoisotopic (exact) mass is 251 g/mol. The summed E-state index contributed by atoms with van der Waals surface area (Å²) in [6.45, 7) is 0.597. The van der Waals surface area contributed by atoms with E-state index in [0.29, 0.717) is 23.2 Å². The summed E-state index contributed by atoms with van der Waals surface area (Å²) in [5.41, 5.74) is 5.47. The average Bonchev–Trinajstić information content (AvgIpc) is 2.94. The molecule has 6 nitrogen and oxygen atoms in total. The van der Waals surface area contributed by atoms with Gasteiger partial charge < -0.3 is 19.9 Å². The van der Waals surface area contributed by atoms with E-state index in [9.17, 15) is 0 Å². The summed E-state index contributed by atoms with van der Waals surface area (Å²) >= 11 is 1.31. The highest BCUT2D eigenvalue weighted by atomic mass is 32.1. The first-order valence-corrected chi connectivity index (χ1v) is 5.73. The molecule has 1 aromatic carbocycles. The second kappa shape index (κ2) is 4.10. The molecule has 0 amide bonds. The van der Waals surface area contributed by atoms with Gasteiger partial charge in [0.15, 0.2) is 16.5 Å². The second-order valence-electron chi connectivity index (χ2n) is 3.34. The maximum Gasteiger partial charge on any atom is 0.231 e. The van der Waals surface area contributed by atoms with Crippen LogP contribution in [0.1, 0.15) is 5.01 Å². The first kappa shape index (κ1) is 10.2. The Labute approximate surface area is 101 Å². The molecule has 1 aromatic heterocycles. The smallest absolute Gasteiger partial charge is 0.231 e. The molecule has 2 aromatic rings. The predicted octanol–water partition coefficient (Wildman–Crippen LogP) is 1.43. The van der Waals surface area contributed by atoms with Crippen LogP contribution in [0.3, 0.4) is 0 Å². The van der Waals surface area contributed by atoms with Gasteiger partial charge >= 0.3 is 0 Å². The number of nitrogens with two attached hydrogens (primary N) is 1. The molecular formula is C10H9N3O3S. The first-order valence-electron chi connectivity index (χ1n) is 4.91. The number of nitrogens with zero attached hydrogens (tertiary/aromatic N) is 2. The van der Waals surface area contributed by atoms with Crippen molar-refractivity contribution in [3.8, 4) is 17.2 Å². The zero-order valence-electron chi connectivity index (χ0n) is 8.75. The standard InChI is InChI=1S/C10H9N3O3S/c11-10-13-12-9(17-10)4-14-6-1-2-7-8(3-6)16-5-15-7/h1-3H,4-5H2,(H2,11,13). The Balaban J connectivity index is 1.69. The van der Waals surface area contributed by atoms with Crippen LogP contribution in [0.25, 0.3) is 0 Å². The molecule has 1 aliphatic heterocycles. The fourth-order valence-corrected chi connectivity index (χ4v) is 1.96. The Hall–Kier alpha value is -2.02. The Morgan fingerprint density at radius 3 is 3.00 bits per heavy atom. The minimum atomic E-state index is 0.256. The van der Waals surface area contributed by atoms with Crippen molar-refractivity contribution < 1.29 is 14.2 Å². The number of anilines is 1. The zero-order valence-corrected chi connectivity index (χ0v) is 9.57.